The van der Waals surface area contributed by atoms with Gasteiger partial charge in [0.1, 0.15) is 17.3 Å². The van der Waals surface area contributed by atoms with Crippen LogP contribution in [0.5, 0.6) is 5.88 Å². The van der Waals surface area contributed by atoms with Crippen LogP contribution in [0.2, 0.25) is 0 Å². The van der Waals surface area contributed by atoms with Crippen LogP contribution in [0.25, 0.3) is 5.82 Å². The number of pyridine rings is 1. The molecule has 1 amide bonds. The monoisotopic (exact) mass is 565 g/mol. The third kappa shape index (κ3) is 6.33. The van der Waals surface area contributed by atoms with Gasteiger partial charge in [-0.05, 0) is 50.8 Å². The minimum absolute atomic E-state index is 0.0121. The number of rotatable bonds is 9. The molecular formula is C28H35N7O4S. The molecule has 1 fully saturated rings. The molecule has 1 atom stereocenters. The minimum atomic E-state index is -4.27. The molecule has 3 N–H and O–H groups in total. The Labute approximate surface area is 234 Å². The van der Waals surface area contributed by atoms with Crippen molar-refractivity contribution in [1.29, 1.82) is 0 Å². The molecule has 3 aromatic rings. The van der Waals surface area contributed by atoms with Crippen LogP contribution in [0.1, 0.15) is 50.0 Å². The molecule has 0 unspecified atom stereocenters. The molecule has 0 aliphatic carbocycles. The van der Waals surface area contributed by atoms with Gasteiger partial charge in [-0.15, -0.1) is 5.10 Å². The summed E-state index contributed by atoms with van der Waals surface area (Å²) in [5.41, 5.74) is 6.59. The van der Waals surface area contributed by atoms with E-state index in [1.54, 1.807) is 29.1 Å². The number of carbonyl (C=O) groups is 1. The fourth-order valence-corrected chi connectivity index (χ4v) is 6.02. The second kappa shape index (κ2) is 11.5. The molecule has 212 valence electrons. The zero-order valence-corrected chi connectivity index (χ0v) is 24.1. The van der Waals surface area contributed by atoms with Gasteiger partial charge in [-0.2, -0.15) is 0 Å². The summed E-state index contributed by atoms with van der Waals surface area (Å²) in [6.45, 7) is 8.72. The van der Waals surface area contributed by atoms with Crippen LogP contribution in [0.4, 0.5) is 5.82 Å². The van der Waals surface area contributed by atoms with Gasteiger partial charge < -0.3 is 15.4 Å². The number of carbonyl (C=O) groups excluding carboxylic acids is 1. The molecule has 12 heteroatoms. The zero-order chi connectivity index (χ0) is 29.1. The number of nitrogens with zero attached hydrogens (tertiary/aromatic N) is 5. The highest BCUT2D eigenvalue weighted by molar-refractivity contribution is 7.94. The molecule has 3 heterocycles. The van der Waals surface area contributed by atoms with Crippen molar-refractivity contribution in [2.45, 2.75) is 46.3 Å². The number of aromatic nitrogens is 3. The SMILES string of the molecule is CN=C/C(=C(/C)N)S(=O)(=O)NC(=O)c1ccc(-n2ccc(OCc3ccccc3)n2)nc1N1C[C@@H](C)CC1(C)C. The summed E-state index contributed by atoms with van der Waals surface area (Å²) in [5.74, 6) is 0.763. The molecule has 0 bridgehead atoms. The van der Waals surface area contributed by atoms with E-state index in [0.29, 0.717) is 36.6 Å². The fourth-order valence-electron chi connectivity index (χ4n) is 4.88. The molecule has 2 aromatic heterocycles. The Bertz CT molecular complexity index is 1540. The highest BCUT2D eigenvalue weighted by Gasteiger charge is 2.39. The number of allylic oxidation sites excluding steroid dienone is 2. The number of sulfonamides is 1. The molecule has 1 saturated heterocycles. The Morgan fingerprint density at radius 2 is 1.95 bits per heavy atom. The van der Waals surface area contributed by atoms with Crippen LogP contribution < -0.4 is 20.1 Å². The quantitative estimate of drug-likeness (QED) is 0.376. The first-order valence-corrected chi connectivity index (χ1v) is 14.4. The molecule has 1 aliphatic rings. The predicted octanol–water partition coefficient (Wildman–Crippen LogP) is 3.42. The van der Waals surface area contributed by atoms with Crippen LogP contribution in [0, 0.1) is 5.92 Å². The van der Waals surface area contributed by atoms with Gasteiger partial charge in [0.05, 0.1) is 5.56 Å². The van der Waals surface area contributed by atoms with Gasteiger partial charge in [-0.25, -0.2) is 22.8 Å². The Morgan fingerprint density at radius 3 is 2.58 bits per heavy atom. The molecule has 1 aromatic carbocycles. The summed E-state index contributed by atoms with van der Waals surface area (Å²) in [5, 5.41) is 4.49. The Hall–Kier alpha value is -4.19. The van der Waals surface area contributed by atoms with Crippen LogP contribution in [0.3, 0.4) is 0 Å². The first kappa shape index (κ1) is 28.8. The van der Waals surface area contributed by atoms with Gasteiger partial charge in [-0.1, -0.05) is 37.3 Å². The lowest BCUT2D eigenvalue weighted by molar-refractivity contribution is 0.0982. The first-order chi connectivity index (χ1) is 18.9. The third-order valence-electron chi connectivity index (χ3n) is 6.61. The lowest BCUT2D eigenvalue weighted by Crippen LogP contribution is -2.41. The lowest BCUT2D eigenvalue weighted by atomic mass is 9.97. The van der Waals surface area contributed by atoms with E-state index < -0.39 is 15.9 Å². The molecule has 40 heavy (non-hydrogen) atoms. The van der Waals surface area contributed by atoms with Gasteiger partial charge in [0, 0.05) is 43.3 Å². The van der Waals surface area contributed by atoms with Gasteiger partial charge in [0.15, 0.2) is 5.82 Å². The van der Waals surface area contributed by atoms with E-state index >= 15 is 0 Å². The van der Waals surface area contributed by atoms with E-state index in [9.17, 15) is 13.2 Å². The molecule has 0 radical (unpaired) electrons. The number of hydrogen-bond acceptors (Lipinski definition) is 9. The van der Waals surface area contributed by atoms with Crippen molar-refractivity contribution in [3.8, 4) is 11.7 Å². The Morgan fingerprint density at radius 1 is 1.23 bits per heavy atom. The number of nitrogens with two attached hydrogens (primary N) is 1. The Balaban J connectivity index is 1.68. The maximum absolute atomic E-state index is 13.4. The standard InChI is InChI=1S/C28H35N7O4S/c1-19-15-28(3,4)34(17-19)26-22(27(36)33-40(37,38)23(16-30-5)20(2)29)11-12-24(31-26)35-14-13-25(32-35)39-18-21-9-7-6-8-10-21/h6-14,16,19H,15,17-18,29H2,1-5H3,(H,33,36)/b23-20+,30-16?/t19-/m0/s1. The number of nitrogens with one attached hydrogen (secondary N) is 1. The van der Waals surface area contributed by atoms with Crippen LogP contribution in [-0.4, -0.2) is 54.4 Å². The highest BCUT2D eigenvalue weighted by atomic mass is 32.2. The van der Waals surface area contributed by atoms with Gasteiger partial charge in [0.25, 0.3) is 15.9 Å². The van der Waals surface area contributed by atoms with Crippen molar-refractivity contribution in [2.24, 2.45) is 16.6 Å². The lowest BCUT2D eigenvalue weighted by Gasteiger charge is -2.34. The molecule has 11 nitrogen and oxygen atoms in total. The second-order valence-electron chi connectivity index (χ2n) is 10.5. The number of aliphatic imine (C=N–C) groups is 1. The summed E-state index contributed by atoms with van der Waals surface area (Å²) >= 11 is 0. The number of benzene rings is 1. The van der Waals surface area contributed by atoms with E-state index in [4.69, 9.17) is 15.5 Å². The van der Waals surface area contributed by atoms with Crippen LogP contribution >= 0.6 is 0 Å². The van der Waals surface area contributed by atoms with E-state index in [1.807, 2.05) is 35.2 Å². The summed E-state index contributed by atoms with van der Waals surface area (Å²) < 4.78 is 35.5. The van der Waals surface area contributed by atoms with E-state index in [0.717, 1.165) is 18.2 Å². The van der Waals surface area contributed by atoms with Gasteiger partial charge in [0.2, 0.25) is 5.88 Å². The highest BCUT2D eigenvalue weighted by Crippen LogP contribution is 2.37. The van der Waals surface area contributed by atoms with Crippen LogP contribution in [-0.2, 0) is 16.6 Å². The number of anilines is 1. The summed E-state index contributed by atoms with van der Waals surface area (Å²) in [7, 11) is -2.85. The largest absolute Gasteiger partial charge is 0.472 e. The van der Waals surface area contributed by atoms with E-state index in [1.165, 1.54) is 14.0 Å². The van der Waals surface area contributed by atoms with E-state index in [2.05, 4.69) is 35.6 Å². The van der Waals surface area contributed by atoms with Crippen molar-refractivity contribution in [1.82, 2.24) is 19.5 Å². The smallest absolute Gasteiger partial charge is 0.268 e. The maximum Gasteiger partial charge on any atom is 0.268 e. The molecule has 4 rings (SSSR count). The molecule has 1 aliphatic heterocycles. The minimum Gasteiger partial charge on any atom is -0.472 e. The topological polar surface area (TPSA) is 145 Å². The predicted molar refractivity (Wildman–Crippen MR) is 155 cm³/mol. The van der Waals surface area contributed by atoms with Gasteiger partial charge in [-0.3, -0.25) is 9.79 Å². The number of hydrogen-bond donors (Lipinski definition) is 2. The molecular weight excluding hydrogens is 530 g/mol. The number of amides is 1. The first-order valence-electron chi connectivity index (χ1n) is 12.9. The van der Waals surface area contributed by atoms with E-state index in [-0.39, 0.29) is 21.7 Å². The van der Waals surface area contributed by atoms with Crippen LogP contribution in [0.15, 0.2) is 70.3 Å². The molecule has 0 spiro atoms. The number of ether oxygens (including phenoxy) is 1. The summed E-state index contributed by atoms with van der Waals surface area (Å²) in [6, 6.07) is 14.7. The van der Waals surface area contributed by atoms with Crippen molar-refractivity contribution in [3.05, 3.63) is 76.5 Å². The van der Waals surface area contributed by atoms with Gasteiger partial charge >= 0.3 is 0 Å². The average Bonchev–Trinajstić information content (AvgIpc) is 3.48. The summed E-state index contributed by atoms with van der Waals surface area (Å²) in [6.07, 6.45) is 3.71. The second-order valence-corrected chi connectivity index (χ2v) is 12.2. The maximum atomic E-state index is 13.4. The van der Waals surface area contributed by atoms with Crippen molar-refractivity contribution >= 4 is 28.0 Å². The normalized spacial score (nSPS) is 17.6. The van der Waals surface area contributed by atoms with Crippen molar-refractivity contribution in [2.75, 3.05) is 18.5 Å². The third-order valence-corrected chi connectivity index (χ3v) is 8.07. The Kier molecular flexibility index (Phi) is 8.29. The molecule has 0 saturated carbocycles. The van der Waals surface area contributed by atoms with Crippen molar-refractivity contribution < 1.29 is 17.9 Å². The average molecular weight is 566 g/mol. The zero-order valence-electron chi connectivity index (χ0n) is 23.3. The summed E-state index contributed by atoms with van der Waals surface area (Å²) in [4.78, 5) is 23.8. The fraction of sp³-hybridized carbons (Fsp3) is 0.357. The van der Waals surface area contributed by atoms with Crippen molar-refractivity contribution in [3.63, 3.8) is 0 Å².